The molecule has 0 N–H and O–H groups in total. The molecule has 0 radical (unpaired) electrons. The molecular formula is C52H58O14. The molecule has 14 nitrogen and oxygen atoms in total. The van der Waals surface area contributed by atoms with Crippen molar-refractivity contribution in [3.8, 4) is 11.5 Å². The van der Waals surface area contributed by atoms with Crippen molar-refractivity contribution in [3.05, 3.63) is 96.1 Å². The van der Waals surface area contributed by atoms with Crippen LogP contribution in [0.25, 0.3) is 64.6 Å². The van der Waals surface area contributed by atoms with Gasteiger partial charge in [0, 0.05) is 35.8 Å². The van der Waals surface area contributed by atoms with Gasteiger partial charge in [0.25, 0.3) is 0 Å². The highest BCUT2D eigenvalue weighted by molar-refractivity contribution is 6.39. The Morgan fingerprint density at radius 1 is 0.348 bits per heavy atom. The van der Waals surface area contributed by atoms with E-state index in [4.69, 9.17) is 56.8 Å². The Bertz CT molecular complexity index is 2550. The molecule has 0 heterocycles. The second kappa shape index (κ2) is 24.7. The van der Waals surface area contributed by atoms with E-state index in [9.17, 15) is 9.59 Å². The Hall–Kier alpha value is -5.68. The van der Waals surface area contributed by atoms with Gasteiger partial charge in [-0.05, 0) is 55.2 Å². The normalized spacial score (nSPS) is 11.7. The molecule has 66 heavy (non-hydrogen) atoms. The highest BCUT2D eigenvalue weighted by Crippen LogP contribution is 2.51. The molecule has 0 aliphatic rings. The summed E-state index contributed by atoms with van der Waals surface area (Å²) in [6.07, 6.45) is 0. The molecule has 0 unspecified atom stereocenters. The van der Waals surface area contributed by atoms with E-state index in [1.807, 2.05) is 72.8 Å². The van der Waals surface area contributed by atoms with E-state index in [1.54, 1.807) is 28.4 Å². The zero-order valence-corrected chi connectivity index (χ0v) is 38.1. The van der Waals surface area contributed by atoms with Gasteiger partial charge in [-0.15, -0.1) is 0 Å². The van der Waals surface area contributed by atoms with Crippen molar-refractivity contribution in [3.63, 3.8) is 0 Å². The Balaban J connectivity index is 1.23. The first-order valence-corrected chi connectivity index (χ1v) is 22.1. The highest BCUT2D eigenvalue weighted by atomic mass is 16.6. The second-order valence-electron chi connectivity index (χ2n) is 15.1. The number of hydrogen-bond donors (Lipinski definition) is 0. The van der Waals surface area contributed by atoms with Gasteiger partial charge >= 0.3 is 11.9 Å². The SMILES string of the molecule is COCCOCCOCCOCCOC(=O)c1cc2c(OC)c(OC)c3cc(C(=O)OCCOCCOCCOCCOC)c4ccc5ccccc5c4c3c2c2c1ccc1ccccc12. The maximum atomic E-state index is 14.2. The molecule has 0 saturated carbocycles. The summed E-state index contributed by atoms with van der Waals surface area (Å²) in [6, 6.07) is 27.7. The number of carbonyl (C=O) groups excluding carboxylic acids is 2. The van der Waals surface area contributed by atoms with Gasteiger partial charge in [-0.1, -0.05) is 72.8 Å². The maximum absolute atomic E-state index is 14.2. The van der Waals surface area contributed by atoms with E-state index in [2.05, 4.69) is 12.1 Å². The van der Waals surface area contributed by atoms with Crippen LogP contribution in [0.5, 0.6) is 11.5 Å². The monoisotopic (exact) mass is 906 g/mol. The molecule has 0 aliphatic heterocycles. The molecule has 0 atom stereocenters. The summed E-state index contributed by atoms with van der Waals surface area (Å²) >= 11 is 0. The van der Waals surface area contributed by atoms with Gasteiger partial charge in [0.05, 0.1) is 118 Å². The summed E-state index contributed by atoms with van der Waals surface area (Å²) in [5.74, 6) is -0.237. The Kier molecular flexibility index (Phi) is 18.1. The Morgan fingerprint density at radius 3 is 1.03 bits per heavy atom. The average molecular weight is 907 g/mol. The summed E-state index contributed by atoms with van der Waals surface area (Å²) < 4.78 is 67.5. The molecule has 0 saturated heterocycles. The predicted molar refractivity (Wildman–Crippen MR) is 254 cm³/mol. The third-order valence-corrected chi connectivity index (χ3v) is 11.1. The van der Waals surface area contributed by atoms with Crippen LogP contribution in [-0.4, -0.2) is 146 Å². The molecule has 0 fully saturated rings. The molecule has 7 rings (SSSR count). The quantitative estimate of drug-likeness (QED) is 0.0264. The molecule has 14 heteroatoms. The van der Waals surface area contributed by atoms with Gasteiger partial charge in [0.15, 0.2) is 11.5 Å². The Morgan fingerprint density at radius 2 is 0.682 bits per heavy atom. The van der Waals surface area contributed by atoms with Crippen LogP contribution in [0.3, 0.4) is 0 Å². The number of carbonyl (C=O) groups is 2. The van der Waals surface area contributed by atoms with Crippen molar-refractivity contribution in [2.24, 2.45) is 0 Å². The fourth-order valence-electron chi connectivity index (χ4n) is 8.16. The lowest BCUT2D eigenvalue weighted by molar-refractivity contribution is -0.00555. The van der Waals surface area contributed by atoms with Gasteiger partial charge < -0.3 is 56.8 Å². The van der Waals surface area contributed by atoms with Crippen molar-refractivity contribution in [1.29, 1.82) is 0 Å². The molecule has 0 aliphatic carbocycles. The zero-order valence-electron chi connectivity index (χ0n) is 38.1. The van der Waals surface area contributed by atoms with Crippen molar-refractivity contribution in [1.82, 2.24) is 0 Å². The second-order valence-corrected chi connectivity index (χ2v) is 15.1. The summed E-state index contributed by atoms with van der Waals surface area (Å²) in [4.78, 5) is 28.4. The third-order valence-electron chi connectivity index (χ3n) is 11.1. The predicted octanol–water partition coefficient (Wildman–Crippen LogP) is 8.33. The lowest BCUT2D eigenvalue weighted by Crippen LogP contribution is -2.15. The minimum atomic E-state index is -0.514. The molecule has 0 bridgehead atoms. The lowest BCUT2D eigenvalue weighted by Gasteiger charge is -2.22. The molecule has 0 aromatic heterocycles. The number of benzene rings is 7. The standard InChI is InChI=1S/C52H58O14/c1-55-17-19-59-21-23-61-25-27-63-29-31-65-51(53)41-33-43-47(45-37-11-7-5-9-35(37)13-15-39(41)45)48-44(50(58-4)49(43)57-3)34-42(40-16-14-36-10-6-8-12-38(36)46(40)48)52(54)66-32-30-64-28-26-62-24-22-60-20-18-56-2/h5-16,33-34H,17-32H2,1-4H3. The fourth-order valence-corrected chi connectivity index (χ4v) is 8.16. The van der Waals surface area contributed by atoms with E-state index in [0.717, 1.165) is 43.1 Å². The largest absolute Gasteiger partial charge is 0.492 e. The van der Waals surface area contributed by atoms with Crippen LogP contribution in [0.1, 0.15) is 20.7 Å². The first-order chi connectivity index (χ1) is 32.5. The van der Waals surface area contributed by atoms with Crippen LogP contribution in [0.2, 0.25) is 0 Å². The lowest BCUT2D eigenvalue weighted by atomic mass is 9.85. The highest BCUT2D eigenvalue weighted by Gasteiger charge is 2.27. The van der Waals surface area contributed by atoms with Crippen LogP contribution in [0, 0.1) is 0 Å². The summed E-state index contributed by atoms with van der Waals surface area (Å²) in [6.45, 7) is 5.78. The summed E-state index contributed by atoms with van der Waals surface area (Å²) in [5, 5.41) is 9.79. The van der Waals surface area contributed by atoms with E-state index in [1.165, 1.54) is 0 Å². The first kappa shape index (κ1) is 48.3. The molecule has 7 aromatic carbocycles. The van der Waals surface area contributed by atoms with Gasteiger partial charge in [0.2, 0.25) is 0 Å². The average Bonchev–Trinajstić information content (AvgIpc) is 3.35. The van der Waals surface area contributed by atoms with Gasteiger partial charge in [-0.3, -0.25) is 0 Å². The first-order valence-electron chi connectivity index (χ1n) is 22.1. The van der Waals surface area contributed by atoms with Gasteiger partial charge in [0.1, 0.15) is 13.2 Å². The number of fused-ring (bicyclic) bond motifs is 11. The zero-order chi connectivity index (χ0) is 46.1. The fraction of sp³-hybridized carbons (Fsp3) is 0.385. The van der Waals surface area contributed by atoms with E-state index < -0.39 is 11.9 Å². The van der Waals surface area contributed by atoms with Gasteiger partial charge in [-0.2, -0.15) is 0 Å². The van der Waals surface area contributed by atoms with Crippen molar-refractivity contribution < 1.29 is 66.4 Å². The Labute approximate surface area is 383 Å². The maximum Gasteiger partial charge on any atom is 0.338 e. The number of rotatable bonds is 28. The smallest absolute Gasteiger partial charge is 0.338 e. The van der Waals surface area contributed by atoms with Gasteiger partial charge in [-0.25, -0.2) is 9.59 Å². The van der Waals surface area contributed by atoms with E-state index in [0.29, 0.717) is 123 Å². The number of methoxy groups -OCH3 is 4. The summed E-state index contributed by atoms with van der Waals surface area (Å²) in [5.41, 5.74) is 0.713. The van der Waals surface area contributed by atoms with E-state index >= 15 is 0 Å². The molecule has 0 spiro atoms. The number of ether oxygens (including phenoxy) is 12. The number of esters is 2. The minimum Gasteiger partial charge on any atom is -0.492 e. The van der Waals surface area contributed by atoms with Crippen LogP contribution in [0.4, 0.5) is 0 Å². The molecule has 7 aromatic rings. The van der Waals surface area contributed by atoms with Crippen molar-refractivity contribution in [2.45, 2.75) is 0 Å². The minimum absolute atomic E-state index is 0.0339. The molecular weight excluding hydrogens is 849 g/mol. The van der Waals surface area contributed by atoms with Crippen molar-refractivity contribution >= 4 is 76.6 Å². The van der Waals surface area contributed by atoms with Crippen LogP contribution >= 0.6 is 0 Å². The van der Waals surface area contributed by atoms with E-state index in [-0.39, 0.29) is 26.4 Å². The third kappa shape index (κ3) is 11.3. The summed E-state index contributed by atoms with van der Waals surface area (Å²) in [7, 11) is 6.39. The van der Waals surface area contributed by atoms with Crippen LogP contribution < -0.4 is 9.47 Å². The van der Waals surface area contributed by atoms with Crippen LogP contribution in [-0.2, 0) is 47.4 Å². The van der Waals surface area contributed by atoms with Crippen molar-refractivity contribution in [2.75, 3.05) is 134 Å². The molecule has 350 valence electrons. The topological polar surface area (TPSA) is 145 Å². The molecule has 0 amide bonds. The number of hydrogen-bond acceptors (Lipinski definition) is 14. The van der Waals surface area contributed by atoms with Crippen LogP contribution in [0.15, 0.2) is 84.9 Å².